The van der Waals surface area contributed by atoms with Gasteiger partial charge in [-0.3, -0.25) is 4.79 Å². The molecule has 1 rings (SSSR count). The van der Waals surface area contributed by atoms with E-state index in [0.29, 0.717) is 5.71 Å². The molecule has 6 heteroatoms. The van der Waals surface area contributed by atoms with E-state index in [1.165, 1.54) is 7.05 Å². The van der Waals surface area contributed by atoms with Crippen molar-refractivity contribution in [1.82, 2.24) is 5.01 Å². The Hall–Kier alpha value is -0.390. The van der Waals surface area contributed by atoms with Crippen LogP contribution in [0.15, 0.2) is 10.3 Å². The van der Waals surface area contributed by atoms with E-state index in [-0.39, 0.29) is 35.3 Å². The van der Waals surface area contributed by atoms with E-state index in [0.717, 1.165) is 5.01 Å². The molecule has 0 unspecified atom stereocenters. The van der Waals surface area contributed by atoms with E-state index >= 15 is 0 Å². The van der Waals surface area contributed by atoms with Crippen LogP contribution >= 0.6 is 0 Å². The summed E-state index contributed by atoms with van der Waals surface area (Å²) in [4.78, 5) is 10.8. The van der Waals surface area contributed by atoms with Crippen LogP contribution in [0.4, 0.5) is 0 Å². The van der Waals surface area contributed by atoms with Gasteiger partial charge >= 0.3 is 29.6 Å². The largest absolute Gasteiger partial charge is 1.00 e. The van der Waals surface area contributed by atoms with Crippen LogP contribution in [0.2, 0.25) is 0 Å². The molecular formula is C5H6N3NaO2. The Morgan fingerprint density at radius 2 is 2.18 bits per heavy atom. The molecule has 1 heterocycles. The molecule has 54 valence electrons. The third-order valence-electron chi connectivity index (χ3n) is 1.23. The van der Waals surface area contributed by atoms with Gasteiger partial charge in [0.25, 0.3) is 5.91 Å². The van der Waals surface area contributed by atoms with Crippen LogP contribution in [-0.2, 0) is 4.79 Å². The Kier molecular flexibility index (Phi) is 3.71. The van der Waals surface area contributed by atoms with Crippen molar-refractivity contribution < 1.29 is 34.4 Å². The second kappa shape index (κ2) is 3.85. The summed E-state index contributed by atoms with van der Waals surface area (Å²) in [5.41, 5.74) is 0.282. The summed E-state index contributed by atoms with van der Waals surface area (Å²) >= 11 is 0. The van der Waals surface area contributed by atoms with Crippen molar-refractivity contribution in [1.29, 1.82) is 0 Å². The normalized spacial score (nSPS) is 20.2. The predicted molar refractivity (Wildman–Crippen MR) is 36.7 cm³/mol. The van der Waals surface area contributed by atoms with Gasteiger partial charge in [0, 0.05) is 7.05 Å². The van der Waals surface area contributed by atoms with Gasteiger partial charge in [0.15, 0.2) is 0 Å². The maximum Gasteiger partial charge on any atom is 1.00 e. The minimum atomic E-state index is -0.437. The van der Waals surface area contributed by atoms with Crippen LogP contribution in [0.1, 0.15) is 6.92 Å². The number of amides is 1. The smallest absolute Gasteiger partial charge is 0.791 e. The van der Waals surface area contributed by atoms with Gasteiger partial charge < -0.3 is 10.4 Å². The summed E-state index contributed by atoms with van der Waals surface area (Å²) in [7, 11) is 1.48. The summed E-state index contributed by atoms with van der Waals surface area (Å²) in [5.74, 6) is -0.437. The quantitative estimate of drug-likeness (QED) is 0.278. The third kappa shape index (κ3) is 1.79. The zero-order valence-electron chi connectivity index (χ0n) is 6.66. The zero-order chi connectivity index (χ0) is 7.72. The Morgan fingerprint density at radius 3 is 2.36 bits per heavy atom. The van der Waals surface area contributed by atoms with Crippen molar-refractivity contribution in [3.05, 3.63) is 5.21 Å². The molecule has 0 N–H and O–H groups in total. The van der Waals surface area contributed by atoms with E-state index in [4.69, 9.17) is 0 Å². The standard InChI is InChI=1S/C5H7N3O2.Na/c1-3-4(7-10)5(9)8(2)6-3;/h10H,1-2H3;/q;+1/p-1. The van der Waals surface area contributed by atoms with Crippen LogP contribution < -0.4 is 29.6 Å². The van der Waals surface area contributed by atoms with Crippen molar-refractivity contribution >= 4 is 17.3 Å². The van der Waals surface area contributed by atoms with E-state index in [1.54, 1.807) is 6.92 Å². The number of hydrogen-bond acceptors (Lipinski definition) is 4. The number of nitrogens with zero attached hydrogens (tertiary/aromatic N) is 3. The van der Waals surface area contributed by atoms with Gasteiger partial charge in [0.1, 0.15) is 5.71 Å². The fourth-order valence-corrected chi connectivity index (χ4v) is 0.731. The van der Waals surface area contributed by atoms with Gasteiger partial charge in [-0.15, -0.1) is 0 Å². The molecule has 0 aromatic carbocycles. The average molecular weight is 163 g/mol. The summed E-state index contributed by atoms with van der Waals surface area (Å²) in [6.07, 6.45) is 0. The number of hydrazone groups is 1. The summed E-state index contributed by atoms with van der Waals surface area (Å²) in [5, 5.41) is 17.3. The average Bonchev–Trinajstić information content (AvgIpc) is 2.09. The van der Waals surface area contributed by atoms with Gasteiger partial charge in [0.05, 0.1) is 5.71 Å². The molecule has 11 heavy (non-hydrogen) atoms. The van der Waals surface area contributed by atoms with Gasteiger partial charge in [-0.25, -0.2) is 5.01 Å². The topological polar surface area (TPSA) is 68.1 Å². The van der Waals surface area contributed by atoms with E-state index in [2.05, 4.69) is 10.3 Å². The Balaban J connectivity index is 0.000001000. The first-order valence-electron chi connectivity index (χ1n) is 2.70. The molecule has 0 aromatic rings. The first kappa shape index (κ1) is 10.6. The molecule has 0 aromatic heterocycles. The minimum absolute atomic E-state index is 0. The molecule has 0 atom stereocenters. The predicted octanol–water partition coefficient (Wildman–Crippen LogP) is -3.22. The van der Waals surface area contributed by atoms with Crippen LogP contribution in [0.25, 0.3) is 0 Å². The molecule has 0 saturated heterocycles. The number of carbonyl (C=O) groups excluding carboxylic acids is 1. The second-order valence-corrected chi connectivity index (χ2v) is 1.95. The summed E-state index contributed by atoms with van der Waals surface area (Å²) in [6.45, 7) is 1.57. The van der Waals surface area contributed by atoms with Crippen molar-refractivity contribution in [3.8, 4) is 0 Å². The van der Waals surface area contributed by atoms with Crippen molar-refractivity contribution in [2.24, 2.45) is 10.3 Å². The molecule has 0 aliphatic carbocycles. The van der Waals surface area contributed by atoms with E-state index in [1.807, 2.05) is 0 Å². The minimum Gasteiger partial charge on any atom is -0.791 e. The van der Waals surface area contributed by atoms with Gasteiger partial charge in [-0.2, -0.15) is 5.10 Å². The number of carbonyl (C=O) groups is 1. The van der Waals surface area contributed by atoms with Crippen molar-refractivity contribution in [2.45, 2.75) is 6.92 Å². The molecule has 0 bridgehead atoms. The fraction of sp³-hybridized carbons (Fsp3) is 0.400. The van der Waals surface area contributed by atoms with E-state index < -0.39 is 5.91 Å². The zero-order valence-corrected chi connectivity index (χ0v) is 8.66. The molecule has 0 radical (unpaired) electrons. The van der Waals surface area contributed by atoms with Crippen molar-refractivity contribution in [3.63, 3.8) is 0 Å². The van der Waals surface area contributed by atoms with E-state index in [9.17, 15) is 10.0 Å². The molecule has 0 spiro atoms. The second-order valence-electron chi connectivity index (χ2n) is 1.95. The van der Waals surface area contributed by atoms with Gasteiger partial charge in [0.2, 0.25) is 0 Å². The summed E-state index contributed by atoms with van der Waals surface area (Å²) in [6, 6.07) is 0. The maximum absolute atomic E-state index is 10.8. The Morgan fingerprint density at radius 1 is 1.64 bits per heavy atom. The molecule has 0 fully saturated rings. The van der Waals surface area contributed by atoms with Crippen LogP contribution in [0.5, 0.6) is 0 Å². The van der Waals surface area contributed by atoms with Gasteiger partial charge in [-0.1, -0.05) is 0 Å². The SMILES string of the molecule is CC1=NN(C)C(=O)C1=N[O-].[Na+]. The van der Waals surface area contributed by atoms with Crippen molar-refractivity contribution in [2.75, 3.05) is 7.05 Å². The number of rotatable bonds is 0. The molecular weight excluding hydrogens is 157 g/mol. The Labute approximate surface area is 86.0 Å². The monoisotopic (exact) mass is 163 g/mol. The first-order valence-corrected chi connectivity index (χ1v) is 2.70. The molecule has 1 amide bonds. The maximum atomic E-state index is 10.8. The first-order chi connectivity index (χ1) is 4.66. The van der Waals surface area contributed by atoms with Crippen LogP contribution in [0, 0.1) is 5.21 Å². The molecule has 1 aliphatic rings. The third-order valence-corrected chi connectivity index (χ3v) is 1.23. The fourth-order valence-electron chi connectivity index (χ4n) is 0.731. The van der Waals surface area contributed by atoms with Crippen LogP contribution in [-0.4, -0.2) is 29.4 Å². The summed E-state index contributed by atoms with van der Waals surface area (Å²) < 4.78 is 0. The van der Waals surface area contributed by atoms with Gasteiger partial charge in [-0.05, 0) is 6.92 Å². The van der Waals surface area contributed by atoms with Crippen LogP contribution in [0.3, 0.4) is 0 Å². The Bertz CT molecular complexity index is 236. The number of hydrogen-bond donors (Lipinski definition) is 0. The molecule has 5 nitrogen and oxygen atoms in total. The molecule has 0 saturated carbocycles. The molecule has 1 aliphatic heterocycles.